The van der Waals surface area contributed by atoms with E-state index in [0.29, 0.717) is 5.56 Å². The van der Waals surface area contributed by atoms with Gasteiger partial charge in [-0.25, -0.2) is 0 Å². The highest BCUT2D eigenvalue weighted by atomic mass is 35.5. The summed E-state index contributed by atoms with van der Waals surface area (Å²) in [6.07, 6.45) is -4.42. The van der Waals surface area contributed by atoms with Gasteiger partial charge in [0, 0.05) is 12.1 Å². The van der Waals surface area contributed by atoms with Gasteiger partial charge in [-0.2, -0.15) is 17.6 Å². The fourth-order valence-electron chi connectivity index (χ4n) is 1.59. The molecule has 0 aliphatic carbocycles. The molecule has 2 rings (SSSR count). The molecule has 108 valence electrons. The first-order valence-electron chi connectivity index (χ1n) is 5.34. The van der Waals surface area contributed by atoms with E-state index < -0.39 is 17.7 Å². The van der Waals surface area contributed by atoms with E-state index in [0.717, 1.165) is 22.9 Å². The van der Waals surface area contributed by atoms with Crippen LogP contribution in [-0.4, -0.2) is 5.10 Å². The van der Waals surface area contributed by atoms with E-state index in [1.807, 2.05) is 0 Å². The minimum atomic E-state index is -4.42. The molecule has 0 saturated carbocycles. The van der Waals surface area contributed by atoms with Crippen molar-refractivity contribution in [2.45, 2.75) is 12.7 Å². The van der Waals surface area contributed by atoms with Crippen LogP contribution in [-0.2, 0) is 12.7 Å². The summed E-state index contributed by atoms with van der Waals surface area (Å²) in [5.41, 5.74) is 5.15. The maximum absolute atomic E-state index is 13.0. The molecule has 1 heterocycles. The fraction of sp³-hybridized carbons (Fsp3) is 0.167. The SMILES string of the molecule is Nc1ccc(F)n[n+]1Cc1cccc(C(F)(F)F)c1.[Cl-]. The van der Waals surface area contributed by atoms with Crippen LogP contribution in [0.25, 0.3) is 0 Å². The van der Waals surface area contributed by atoms with E-state index in [4.69, 9.17) is 5.73 Å². The first kappa shape index (κ1) is 16.2. The average molecular weight is 308 g/mol. The van der Waals surface area contributed by atoms with Crippen molar-refractivity contribution in [3.8, 4) is 0 Å². The molecule has 0 unspecified atom stereocenters. The zero-order chi connectivity index (χ0) is 14.0. The molecule has 0 bridgehead atoms. The molecule has 8 heteroatoms. The predicted molar refractivity (Wildman–Crippen MR) is 59.3 cm³/mol. The highest BCUT2D eigenvalue weighted by molar-refractivity contribution is 5.25. The van der Waals surface area contributed by atoms with Crippen molar-refractivity contribution < 1.29 is 34.7 Å². The van der Waals surface area contributed by atoms with Crippen LogP contribution in [0.4, 0.5) is 23.4 Å². The van der Waals surface area contributed by atoms with Crippen molar-refractivity contribution in [1.82, 2.24) is 5.10 Å². The van der Waals surface area contributed by atoms with Gasteiger partial charge in [-0.3, -0.25) is 5.73 Å². The topological polar surface area (TPSA) is 42.8 Å². The second kappa shape index (κ2) is 6.04. The maximum Gasteiger partial charge on any atom is 0.416 e. The van der Waals surface area contributed by atoms with E-state index in [-0.39, 0.29) is 24.8 Å². The monoisotopic (exact) mass is 307 g/mol. The number of hydrogen-bond acceptors (Lipinski definition) is 2. The van der Waals surface area contributed by atoms with E-state index >= 15 is 0 Å². The number of halogens is 5. The van der Waals surface area contributed by atoms with Gasteiger partial charge in [-0.15, -0.1) is 4.68 Å². The fourth-order valence-corrected chi connectivity index (χ4v) is 1.59. The molecule has 0 fully saturated rings. The molecule has 2 aromatic rings. The summed E-state index contributed by atoms with van der Waals surface area (Å²) < 4.78 is 51.7. The van der Waals surface area contributed by atoms with Crippen molar-refractivity contribution in [2.75, 3.05) is 5.73 Å². The highest BCUT2D eigenvalue weighted by Crippen LogP contribution is 2.29. The average Bonchev–Trinajstić information content (AvgIpc) is 2.33. The van der Waals surface area contributed by atoms with Crippen molar-refractivity contribution in [3.05, 3.63) is 53.5 Å². The number of nitrogen functional groups attached to an aromatic ring is 1. The molecule has 0 aliphatic heterocycles. The highest BCUT2D eigenvalue weighted by Gasteiger charge is 2.30. The van der Waals surface area contributed by atoms with Gasteiger partial charge in [-0.1, -0.05) is 17.2 Å². The normalized spacial score (nSPS) is 11.0. The lowest BCUT2D eigenvalue weighted by atomic mass is 10.1. The van der Waals surface area contributed by atoms with E-state index in [2.05, 4.69) is 5.10 Å². The summed E-state index contributed by atoms with van der Waals surface area (Å²) in [6, 6.07) is 7.12. The second-order valence-electron chi connectivity index (χ2n) is 3.94. The largest absolute Gasteiger partial charge is 1.00 e. The lowest BCUT2D eigenvalue weighted by Crippen LogP contribution is -3.00. The first-order chi connectivity index (χ1) is 8.86. The summed E-state index contributed by atoms with van der Waals surface area (Å²) >= 11 is 0. The molecule has 1 aromatic heterocycles. The molecule has 3 nitrogen and oxygen atoms in total. The van der Waals surface area contributed by atoms with Gasteiger partial charge in [-0.05, 0) is 17.7 Å². The zero-order valence-electron chi connectivity index (χ0n) is 10.0. The van der Waals surface area contributed by atoms with Crippen molar-refractivity contribution in [1.29, 1.82) is 0 Å². The quantitative estimate of drug-likeness (QED) is 0.581. The molecule has 0 atom stereocenters. The van der Waals surface area contributed by atoms with Crippen LogP contribution in [0.2, 0.25) is 0 Å². The number of nitrogens with two attached hydrogens (primary N) is 1. The third kappa shape index (κ3) is 3.80. The summed E-state index contributed by atoms with van der Waals surface area (Å²) in [5, 5.41) is 3.50. The summed E-state index contributed by atoms with van der Waals surface area (Å²) in [7, 11) is 0. The molecule has 1 aromatic carbocycles. The molecule has 0 radical (unpaired) electrons. The maximum atomic E-state index is 13.0. The van der Waals surface area contributed by atoms with Gasteiger partial charge in [0.25, 0.3) is 11.8 Å². The first-order valence-corrected chi connectivity index (χ1v) is 5.34. The van der Waals surface area contributed by atoms with Crippen molar-refractivity contribution >= 4 is 5.82 Å². The minimum absolute atomic E-state index is 0. The van der Waals surface area contributed by atoms with Gasteiger partial charge in [0.05, 0.1) is 5.56 Å². The van der Waals surface area contributed by atoms with E-state index in [9.17, 15) is 17.6 Å². The molecule has 2 N–H and O–H groups in total. The van der Waals surface area contributed by atoms with Crippen LogP contribution in [0, 0.1) is 5.95 Å². The molecular formula is C12H10ClF4N3. The Morgan fingerprint density at radius 3 is 2.50 bits per heavy atom. The predicted octanol–water partition coefficient (Wildman–Crippen LogP) is -0.838. The molecule has 0 saturated heterocycles. The van der Waals surface area contributed by atoms with Gasteiger partial charge >= 0.3 is 6.18 Å². The summed E-state index contributed by atoms with van der Waals surface area (Å²) in [5.74, 6) is -0.583. The number of hydrogen-bond donors (Lipinski definition) is 1. The van der Waals surface area contributed by atoms with Crippen LogP contribution in [0.15, 0.2) is 36.4 Å². The van der Waals surface area contributed by atoms with Crippen LogP contribution < -0.4 is 22.8 Å². The number of rotatable bonds is 2. The third-order valence-electron chi connectivity index (χ3n) is 2.49. The van der Waals surface area contributed by atoms with Gasteiger partial charge < -0.3 is 12.4 Å². The Morgan fingerprint density at radius 1 is 1.15 bits per heavy atom. The summed E-state index contributed by atoms with van der Waals surface area (Å²) in [6.45, 7) is -0.0342. The number of alkyl halides is 3. The Labute approximate surface area is 118 Å². The Hall–Kier alpha value is -1.89. The molecule has 0 aliphatic rings. The van der Waals surface area contributed by atoms with E-state index in [1.54, 1.807) is 0 Å². The lowest BCUT2D eigenvalue weighted by molar-refractivity contribution is -0.735. The molecule has 0 spiro atoms. The summed E-state index contributed by atoms with van der Waals surface area (Å²) in [4.78, 5) is 0. The van der Waals surface area contributed by atoms with Crippen LogP contribution in [0.3, 0.4) is 0 Å². The second-order valence-corrected chi connectivity index (χ2v) is 3.94. The molecule has 0 amide bonds. The number of nitrogens with zero attached hydrogens (tertiary/aromatic N) is 2. The van der Waals surface area contributed by atoms with Gasteiger partial charge in [0.2, 0.25) is 0 Å². The lowest BCUT2D eigenvalue weighted by Gasteiger charge is -2.08. The minimum Gasteiger partial charge on any atom is -1.00 e. The smallest absolute Gasteiger partial charge is 0.416 e. The van der Waals surface area contributed by atoms with Crippen molar-refractivity contribution in [2.24, 2.45) is 0 Å². The van der Waals surface area contributed by atoms with E-state index in [1.165, 1.54) is 18.2 Å². The van der Waals surface area contributed by atoms with Crippen LogP contribution in [0.1, 0.15) is 11.1 Å². The third-order valence-corrected chi connectivity index (χ3v) is 2.49. The van der Waals surface area contributed by atoms with Crippen LogP contribution in [0.5, 0.6) is 0 Å². The molecule has 20 heavy (non-hydrogen) atoms. The Kier molecular flexibility index (Phi) is 4.88. The standard InChI is InChI=1S/C12H9F4N3.ClH/c13-10-4-5-11(17)19(18-10)7-8-2-1-3-9(6-8)12(14,15)16;/h1-6,17H,7H2;1H. The Bertz CT molecular complexity index is 601. The van der Waals surface area contributed by atoms with Gasteiger partial charge in [0.15, 0.2) is 0 Å². The Balaban J connectivity index is 0.00000200. The number of benzene rings is 1. The Morgan fingerprint density at radius 2 is 1.85 bits per heavy atom. The number of anilines is 1. The zero-order valence-corrected chi connectivity index (χ0v) is 10.8. The van der Waals surface area contributed by atoms with Crippen LogP contribution >= 0.6 is 0 Å². The number of aromatic nitrogens is 2. The van der Waals surface area contributed by atoms with Crippen molar-refractivity contribution in [3.63, 3.8) is 0 Å². The molecular weight excluding hydrogens is 298 g/mol. The van der Waals surface area contributed by atoms with Gasteiger partial charge in [0.1, 0.15) is 6.54 Å².